The first-order valence-electron chi connectivity index (χ1n) is 10.7. The second kappa shape index (κ2) is 7.12. The van der Waals surface area contributed by atoms with E-state index in [0.29, 0.717) is 11.8 Å². The van der Waals surface area contributed by atoms with Crippen molar-refractivity contribution in [3.63, 3.8) is 0 Å². The van der Waals surface area contributed by atoms with Gasteiger partial charge >= 0.3 is 0 Å². The van der Waals surface area contributed by atoms with Crippen LogP contribution in [-0.2, 0) is 4.74 Å². The standard InChI is InChI=1S/C22H41ClN2O2/c1-19(2,24-6)16-10-13-22(5,27-16)15-8-11-20(3,25-7)14-9-12-21(4,26)18(23)17(14)15/h14-18,26H,6-13,24-25H2,1-5H3/t14-,15-,16-,17-,18+,20-,21+,22+/m0/s1. The van der Waals surface area contributed by atoms with Crippen LogP contribution in [0.3, 0.4) is 0 Å². The number of alkyl halides is 1. The minimum Gasteiger partial charge on any atom is -0.474 e. The number of aliphatic hydroxyl groups is 1. The van der Waals surface area contributed by atoms with Crippen molar-refractivity contribution in [2.45, 2.75) is 107 Å². The molecule has 0 aromatic carbocycles. The monoisotopic (exact) mass is 400 g/mol. The summed E-state index contributed by atoms with van der Waals surface area (Å²) in [5, 5.41) is 14.9. The molecule has 0 aromatic heterocycles. The van der Waals surface area contributed by atoms with Crippen LogP contribution in [0.2, 0.25) is 0 Å². The average molecular weight is 401 g/mol. The lowest BCUT2D eigenvalue weighted by Crippen LogP contribution is -2.94. The Morgan fingerprint density at radius 3 is 2.26 bits per heavy atom. The molecule has 5 N–H and O–H groups in total. The molecule has 0 radical (unpaired) electrons. The number of nitrogens with two attached hydrogens (primary N) is 2. The molecule has 5 heteroatoms. The molecule has 2 aliphatic carbocycles. The molecule has 0 spiro atoms. The number of halogens is 1. The highest BCUT2D eigenvalue weighted by atomic mass is 35.5. The first-order valence-corrected chi connectivity index (χ1v) is 11.2. The lowest BCUT2D eigenvalue weighted by atomic mass is 9.52. The Kier molecular flexibility index (Phi) is 5.76. The predicted molar refractivity (Wildman–Crippen MR) is 109 cm³/mol. The molecule has 3 aliphatic rings. The molecule has 3 rings (SSSR count). The van der Waals surface area contributed by atoms with Gasteiger partial charge in [0.05, 0.1) is 27.7 Å². The van der Waals surface area contributed by atoms with Gasteiger partial charge in [-0.3, -0.25) is 0 Å². The molecule has 1 saturated heterocycles. The molecule has 0 aromatic rings. The Morgan fingerprint density at radius 2 is 1.67 bits per heavy atom. The predicted octanol–water partition coefficient (Wildman–Crippen LogP) is 1.97. The van der Waals surface area contributed by atoms with E-state index in [9.17, 15) is 5.11 Å². The summed E-state index contributed by atoms with van der Waals surface area (Å²) in [6.07, 6.45) is 6.30. The topological polar surface area (TPSA) is 62.7 Å². The molecule has 2 saturated carbocycles. The third kappa shape index (κ3) is 3.59. The van der Waals surface area contributed by atoms with Crippen LogP contribution >= 0.6 is 11.6 Å². The van der Waals surface area contributed by atoms with Gasteiger partial charge in [-0.25, -0.2) is 0 Å². The molecule has 8 atom stereocenters. The number of rotatable bonds is 4. The van der Waals surface area contributed by atoms with Crippen LogP contribution in [0, 0.1) is 31.8 Å². The van der Waals surface area contributed by atoms with Crippen LogP contribution in [0.5, 0.6) is 0 Å². The maximum atomic E-state index is 11.0. The van der Waals surface area contributed by atoms with Crippen LogP contribution in [0.1, 0.15) is 73.1 Å². The van der Waals surface area contributed by atoms with E-state index in [2.05, 4.69) is 47.1 Å². The van der Waals surface area contributed by atoms with Crippen LogP contribution < -0.4 is 10.6 Å². The molecular weight excluding hydrogens is 360 g/mol. The summed E-state index contributed by atoms with van der Waals surface area (Å²) >= 11 is 7.00. The van der Waals surface area contributed by atoms with Gasteiger partial charge in [0.15, 0.2) is 0 Å². The quantitative estimate of drug-likeness (QED) is 0.499. The molecule has 0 amide bonds. The Balaban J connectivity index is 1.91. The van der Waals surface area contributed by atoms with E-state index in [1.165, 1.54) is 0 Å². The smallest absolute Gasteiger partial charge is 0.110 e. The van der Waals surface area contributed by atoms with Crippen molar-refractivity contribution in [2.24, 2.45) is 17.8 Å². The zero-order chi connectivity index (χ0) is 20.3. The third-order valence-electron chi connectivity index (χ3n) is 8.58. The fourth-order valence-corrected chi connectivity index (χ4v) is 6.71. The van der Waals surface area contributed by atoms with Crippen molar-refractivity contribution in [3.05, 3.63) is 14.1 Å². The Morgan fingerprint density at radius 1 is 1.04 bits per heavy atom. The Labute approximate surface area is 171 Å². The van der Waals surface area contributed by atoms with Crippen molar-refractivity contribution in [2.75, 3.05) is 0 Å². The van der Waals surface area contributed by atoms with Crippen molar-refractivity contribution < 1.29 is 20.5 Å². The summed E-state index contributed by atoms with van der Waals surface area (Å²) < 4.78 is 6.77. The van der Waals surface area contributed by atoms with Crippen LogP contribution in [-0.4, -0.2) is 38.9 Å². The number of hydrogen-bond donors (Lipinski definition) is 3. The molecule has 0 bridgehead atoms. The lowest BCUT2D eigenvalue weighted by molar-refractivity contribution is -0.688. The largest absolute Gasteiger partial charge is 0.474 e. The fraction of sp³-hybridized carbons (Fsp3) is 0.909. The van der Waals surface area contributed by atoms with Gasteiger partial charge in [-0.2, -0.15) is 14.1 Å². The zero-order valence-electron chi connectivity index (χ0n) is 17.9. The van der Waals surface area contributed by atoms with E-state index in [-0.39, 0.29) is 34.1 Å². The van der Waals surface area contributed by atoms with E-state index in [0.717, 1.165) is 38.5 Å². The van der Waals surface area contributed by atoms with Crippen LogP contribution in [0.15, 0.2) is 0 Å². The van der Waals surface area contributed by atoms with E-state index in [1.807, 2.05) is 12.2 Å². The van der Waals surface area contributed by atoms with Gasteiger partial charge in [-0.1, -0.05) is 0 Å². The van der Waals surface area contributed by atoms with E-state index >= 15 is 0 Å². The number of fused-ring (bicyclic) bond motifs is 1. The fourth-order valence-electron chi connectivity index (χ4n) is 6.25. The number of ether oxygens (including phenoxy) is 1. The van der Waals surface area contributed by atoms with E-state index < -0.39 is 5.60 Å². The van der Waals surface area contributed by atoms with Crippen LogP contribution in [0.25, 0.3) is 0 Å². The van der Waals surface area contributed by atoms with Crippen molar-refractivity contribution in [3.8, 4) is 0 Å². The highest BCUT2D eigenvalue weighted by Gasteiger charge is 2.61. The van der Waals surface area contributed by atoms with Gasteiger partial charge in [0.2, 0.25) is 0 Å². The summed E-state index contributed by atoms with van der Waals surface area (Å²) in [7, 11) is 8.17. The van der Waals surface area contributed by atoms with E-state index in [4.69, 9.17) is 16.3 Å². The van der Waals surface area contributed by atoms with Gasteiger partial charge in [0, 0.05) is 12.3 Å². The minimum atomic E-state index is -0.810. The third-order valence-corrected chi connectivity index (χ3v) is 9.35. The summed E-state index contributed by atoms with van der Waals surface area (Å²) in [4.78, 5) is 0. The molecule has 3 fully saturated rings. The van der Waals surface area contributed by atoms with Crippen LogP contribution in [0.4, 0.5) is 0 Å². The maximum Gasteiger partial charge on any atom is 0.110 e. The molecule has 0 unspecified atom stereocenters. The SMILES string of the molecule is [CH2-][NH2+]C(C)(C)[C@@H]1CC[C@](C)([C@H]2CC[C@](C)([NH2+][CH2-])[C@H]3CC[C@@](C)(O)[C@H](Cl)[C@H]23)O1. The van der Waals surface area contributed by atoms with E-state index in [1.54, 1.807) is 0 Å². The lowest BCUT2D eigenvalue weighted by Gasteiger charge is -2.58. The molecule has 1 heterocycles. The normalized spacial score (nSPS) is 51.2. The number of hydrogen-bond acceptors (Lipinski definition) is 2. The molecule has 158 valence electrons. The summed E-state index contributed by atoms with van der Waals surface area (Å²) in [6.45, 7) is 11.0. The molecular formula is C22H41ClN2O2. The molecule has 4 nitrogen and oxygen atoms in total. The highest BCUT2D eigenvalue weighted by molar-refractivity contribution is 6.21. The van der Waals surface area contributed by atoms with Gasteiger partial charge < -0.3 is 20.5 Å². The Hall–Kier alpha value is 0.130. The zero-order valence-corrected chi connectivity index (χ0v) is 18.7. The summed E-state index contributed by atoms with van der Waals surface area (Å²) in [5.74, 6) is 1.08. The van der Waals surface area contributed by atoms with Gasteiger partial charge in [0.25, 0.3) is 0 Å². The maximum absolute atomic E-state index is 11.0. The second-order valence-electron chi connectivity index (χ2n) is 10.8. The summed E-state index contributed by atoms with van der Waals surface area (Å²) in [6, 6.07) is 0. The van der Waals surface area contributed by atoms with Crippen molar-refractivity contribution in [1.82, 2.24) is 0 Å². The first kappa shape index (κ1) is 21.8. The average Bonchev–Trinajstić information content (AvgIpc) is 3.02. The van der Waals surface area contributed by atoms with Gasteiger partial charge in [-0.05, 0) is 78.6 Å². The highest BCUT2D eigenvalue weighted by Crippen LogP contribution is 2.57. The molecule has 27 heavy (non-hydrogen) atoms. The Bertz CT molecular complexity index is 554. The van der Waals surface area contributed by atoms with Crippen molar-refractivity contribution in [1.29, 1.82) is 0 Å². The number of quaternary nitrogens is 2. The van der Waals surface area contributed by atoms with Gasteiger partial charge in [-0.15, -0.1) is 11.6 Å². The minimum absolute atomic E-state index is 0.0279. The van der Waals surface area contributed by atoms with Gasteiger partial charge in [0.1, 0.15) is 6.10 Å². The van der Waals surface area contributed by atoms with Crippen molar-refractivity contribution >= 4 is 11.6 Å². The second-order valence-corrected chi connectivity index (χ2v) is 11.3. The summed E-state index contributed by atoms with van der Waals surface area (Å²) in [5.41, 5.74) is -0.925. The first-order chi connectivity index (χ1) is 12.4. The molecule has 1 aliphatic heterocycles.